The van der Waals surface area contributed by atoms with E-state index in [-0.39, 0.29) is 24.1 Å². The fourth-order valence-electron chi connectivity index (χ4n) is 3.53. The van der Waals surface area contributed by atoms with Gasteiger partial charge in [0.15, 0.2) is 5.17 Å². The highest BCUT2D eigenvalue weighted by Crippen LogP contribution is 2.29. The van der Waals surface area contributed by atoms with E-state index >= 15 is 0 Å². The van der Waals surface area contributed by atoms with Crippen LogP contribution >= 0.6 is 11.8 Å². The number of hydrogen-bond acceptors (Lipinski definition) is 5. The number of amidine groups is 1. The van der Waals surface area contributed by atoms with Crippen LogP contribution in [0.15, 0.2) is 29.3 Å². The Kier molecular flexibility index (Phi) is 8.30. The minimum absolute atomic E-state index is 0.0672. The number of nitrogens with zero attached hydrogens (tertiary/aromatic N) is 2. The number of carbonyl (C=O) groups is 3. The molecule has 3 amide bonds. The third-order valence-corrected chi connectivity index (χ3v) is 6.41. The predicted molar refractivity (Wildman–Crippen MR) is 121 cm³/mol. The van der Waals surface area contributed by atoms with Gasteiger partial charge in [-0.25, -0.2) is 0 Å². The number of carbonyl (C=O) groups excluding carboxylic acids is 3. The SMILES string of the molecule is CCCCCNC(=O)c1cccc(NC(=O)C[C@H]2SC(N3CCCCC3)=NC2=O)c1. The summed E-state index contributed by atoms with van der Waals surface area (Å²) in [6.07, 6.45) is 6.64. The van der Waals surface area contributed by atoms with Crippen molar-refractivity contribution in [1.82, 2.24) is 10.2 Å². The number of unbranched alkanes of at least 4 members (excludes halogenated alkanes) is 2. The number of likely N-dealkylation sites (tertiary alicyclic amines) is 1. The van der Waals surface area contributed by atoms with Crippen molar-refractivity contribution in [2.75, 3.05) is 25.0 Å². The molecule has 0 saturated carbocycles. The standard InChI is InChI=1S/C22H30N4O3S/c1-2-3-5-11-23-20(28)16-9-8-10-17(14-16)24-19(27)15-18-21(29)25-22(30-18)26-12-6-4-7-13-26/h8-10,14,18H,2-7,11-13,15H2,1H3,(H,23,28)(H,24,27)/t18-/m1/s1. The van der Waals surface area contributed by atoms with E-state index in [1.54, 1.807) is 24.3 Å². The minimum Gasteiger partial charge on any atom is -0.352 e. The minimum atomic E-state index is -0.480. The van der Waals surface area contributed by atoms with E-state index in [1.165, 1.54) is 18.2 Å². The van der Waals surface area contributed by atoms with Gasteiger partial charge in [-0.15, -0.1) is 0 Å². The molecule has 0 aliphatic carbocycles. The maximum absolute atomic E-state index is 12.5. The van der Waals surface area contributed by atoms with E-state index in [2.05, 4.69) is 27.4 Å². The molecule has 30 heavy (non-hydrogen) atoms. The number of rotatable bonds is 8. The molecule has 1 saturated heterocycles. The van der Waals surface area contributed by atoms with Crippen LogP contribution in [0.1, 0.15) is 62.2 Å². The number of nitrogens with one attached hydrogen (secondary N) is 2. The lowest BCUT2D eigenvalue weighted by atomic mass is 10.1. The van der Waals surface area contributed by atoms with Crippen molar-refractivity contribution in [2.45, 2.75) is 57.1 Å². The highest BCUT2D eigenvalue weighted by molar-refractivity contribution is 8.15. The van der Waals surface area contributed by atoms with E-state index in [4.69, 9.17) is 0 Å². The Morgan fingerprint density at radius 3 is 2.77 bits per heavy atom. The second-order valence-corrected chi connectivity index (χ2v) is 8.85. The van der Waals surface area contributed by atoms with Crippen molar-refractivity contribution in [2.24, 2.45) is 4.99 Å². The first-order chi connectivity index (χ1) is 14.6. The molecular formula is C22H30N4O3S. The smallest absolute Gasteiger partial charge is 0.262 e. The Labute approximate surface area is 182 Å². The first-order valence-corrected chi connectivity index (χ1v) is 11.7. The summed E-state index contributed by atoms with van der Waals surface area (Å²) in [6, 6.07) is 6.86. The molecule has 7 nitrogen and oxygen atoms in total. The zero-order chi connectivity index (χ0) is 21.3. The van der Waals surface area contributed by atoms with Gasteiger partial charge in [0.25, 0.3) is 11.8 Å². The van der Waals surface area contributed by atoms with E-state index in [1.807, 2.05) is 0 Å². The van der Waals surface area contributed by atoms with Gasteiger partial charge in [0, 0.05) is 37.3 Å². The third kappa shape index (κ3) is 6.32. The van der Waals surface area contributed by atoms with Gasteiger partial charge in [0.2, 0.25) is 5.91 Å². The van der Waals surface area contributed by atoms with E-state index in [9.17, 15) is 14.4 Å². The molecule has 0 bridgehead atoms. The van der Waals surface area contributed by atoms with Crippen LogP contribution in [0, 0.1) is 0 Å². The molecule has 0 aromatic heterocycles. The normalized spacial score (nSPS) is 18.8. The molecule has 1 aromatic rings. The summed E-state index contributed by atoms with van der Waals surface area (Å²) in [4.78, 5) is 43.3. The van der Waals surface area contributed by atoms with Crippen molar-refractivity contribution in [1.29, 1.82) is 0 Å². The zero-order valence-electron chi connectivity index (χ0n) is 17.5. The second kappa shape index (κ2) is 11.2. The number of thioether (sulfide) groups is 1. The number of amides is 3. The van der Waals surface area contributed by atoms with Crippen molar-refractivity contribution < 1.29 is 14.4 Å². The predicted octanol–water partition coefficient (Wildman–Crippen LogP) is 3.42. The zero-order valence-corrected chi connectivity index (χ0v) is 18.3. The lowest BCUT2D eigenvalue weighted by Gasteiger charge is -2.27. The van der Waals surface area contributed by atoms with Gasteiger partial charge < -0.3 is 15.5 Å². The third-order valence-electron chi connectivity index (χ3n) is 5.20. The summed E-state index contributed by atoms with van der Waals surface area (Å²) in [6.45, 7) is 4.60. The van der Waals surface area contributed by atoms with Crippen LogP contribution in [0.3, 0.4) is 0 Å². The Hall–Kier alpha value is -2.35. The van der Waals surface area contributed by atoms with Gasteiger partial charge in [-0.1, -0.05) is 37.6 Å². The average molecular weight is 431 g/mol. The molecular weight excluding hydrogens is 400 g/mol. The largest absolute Gasteiger partial charge is 0.352 e. The van der Waals surface area contributed by atoms with Crippen molar-refractivity contribution in [3.05, 3.63) is 29.8 Å². The lowest BCUT2D eigenvalue weighted by molar-refractivity contribution is -0.121. The van der Waals surface area contributed by atoms with Crippen molar-refractivity contribution in [3.63, 3.8) is 0 Å². The Morgan fingerprint density at radius 2 is 2.00 bits per heavy atom. The van der Waals surface area contributed by atoms with Gasteiger partial charge in [0.05, 0.1) is 0 Å². The summed E-state index contributed by atoms with van der Waals surface area (Å²) < 4.78 is 0. The quantitative estimate of drug-likeness (QED) is 0.617. The number of aliphatic imine (C=N–C) groups is 1. The van der Waals surface area contributed by atoms with E-state index in [0.717, 1.165) is 50.4 Å². The number of anilines is 1. The molecule has 2 heterocycles. The number of benzene rings is 1. The molecule has 2 aliphatic rings. The summed E-state index contributed by atoms with van der Waals surface area (Å²) in [5, 5.41) is 5.97. The van der Waals surface area contributed by atoms with Gasteiger partial charge in [-0.3, -0.25) is 14.4 Å². The maximum Gasteiger partial charge on any atom is 0.262 e. The molecule has 2 N–H and O–H groups in total. The summed E-state index contributed by atoms with van der Waals surface area (Å²) in [5.41, 5.74) is 1.06. The monoisotopic (exact) mass is 430 g/mol. The van der Waals surface area contributed by atoms with Crippen molar-refractivity contribution in [3.8, 4) is 0 Å². The molecule has 162 valence electrons. The van der Waals surface area contributed by atoms with E-state index < -0.39 is 5.25 Å². The molecule has 0 radical (unpaired) electrons. The molecule has 1 aromatic carbocycles. The van der Waals surface area contributed by atoms with Gasteiger partial charge in [-0.2, -0.15) is 4.99 Å². The lowest BCUT2D eigenvalue weighted by Crippen LogP contribution is -2.33. The maximum atomic E-state index is 12.5. The van der Waals surface area contributed by atoms with Gasteiger partial charge in [0.1, 0.15) is 5.25 Å². The fraction of sp³-hybridized carbons (Fsp3) is 0.545. The average Bonchev–Trinajstić information content (AvgIpc) is 3.12. The number of piperidine rings is 1. The Bertz CT molecular complexity index is 805. The molecule has 3 rings (SSSR count). The van der Waals surface area contributed by atoms with Crippen LogP contribution < -0.4 is 10.6 Å². The van der Waals surface area contributed by atoms with Gasteiger partial charge in [-0.05, 0) is 43.9 Å². The first-order valence-electron chi connectivity index (χ1n) is 10.8. The summed E-state index contributed by atoms with van der Waals surface area (Å²) in [7, 11) is 0. The summed E-state index contributed by atoms with van der Waals surface area (Å²) in [5.74, 6) is -0.643. The van der Waals surface area contributed by atoms with Gasteiger partial charge >= 0.3 is 0 Å². The second-order valence-electron chi connectivity index (χ2n) is 7.68. The molecule has 0 spiro atoms. The van der Waals surface area contributed by atoms with Crippen LogP contribution in [-0.2, 0) is 9.59 Å². The molecule has 1 fully saturated rings. The first kappa shape index (κ1) is 22.3. The molecule has 0 unspecified atom stereocenters. The topological polar surface area (TPSA) is 90.9 Å². The van der Waals surface area contributed by atoms with E-state index in [0.29, 0.717) is 17.8 Å². The fourth-order valence-corrected chi connectivity index (χ4v) is 4.64. The van der Waals surface area contributed by atoms with Crippen LogP contribution in [-0.4, -0.2) is 52.7 Å². The van der Waals surface area contributed by atoms with Crippen LogP contribution in [0.4, 0.5) is 5.69 Å². The highest BCUT2D eigenvalue weighted by Gasteiger charge is 2.33. The number of hydrogen-bond donors (Lipinski definition) is 2. The Morgan fingerprint density at radius 1 is 1.20 bits per heavy atom. The van der Waals surface area contributed by atoms with Crippen LogP contribution in [0.2, 0.25) is 0 Å². The molecule has 8 heteroatoms. The molecule has 2 aliphatic heterocycles. The Balaban J connectivity index is 1.49. The summed E-state index contributed by atoms with van der Waals surface area (Å²) >= 11 is 1.39. The molecule has 1 atom stereocenters. The van der Waals surface area contributed by atoms with Crippen molar-refractivity contribution >= 4 is 40.3 Å². The highest BCUT2D eigenvalue weighted by atomic mass is 32.2. The van der Waals surface area contributed by atoms with Crippen LogP contribution in [0.5, 0.6) is 0 Å². The van der Waals surface area contributed by atoms with Crippen LogP contribution in [0.25, 0.3) is 0 Å².